The fourth-order valence-corrected chi connectivity index (χ4v) is 3.70. The summed E-state index contributed by atoms with van der Waals surface area (Å²) < 4.78 is 6.96. The van der Waals surface area contributed by atoms with Crippen molar-refractivity contribution in [2.45, 2.75) is 19.3 Å². The zero-order valence-electron chi connectivity index (χ0n) is 13.5. The second-order valence-electron chi connectivity index (χ2n) is 6.50. The molecule has 1 aromatic carbocycles. The SMILES string of the molecule is Brc1ccc2cc(NC3=NCCC4CCN(CC4)CO3)ncc2c1. The van der Waals surface area contributed by atoms with Crippen molar-refractivity contribution in [2.75, 3.05) is 31.7 Å². The Morgan fingerprint density at radius 2 is 2.00 bits per heavy atom. The van der Waals surface area contributed by atoms with Gasteiger partial charge in [0.05, 0.1) is 0 Å². The van der Waals surface area contributed by atoms with Gasteiger partial charge in [-0.1, -0.05) is 22.0 Å². The smallest absolute Gasteiger partial charge is 0.291 e. The fourth-order valence-electron chi connectivity index (χ4n) is 3.32. The molecule has 3 aliphatic rings. The van der Waals surface area contributed by atoms with Gasteiger partial charge in [-0.25, -0.2) is 9.98 Å². The number of rotatable bonds is 1. The van der Waals surface area contributed by atoms with Gasteiger partial charge in [-0.15, -0.1) is 0 Å². The van der Waals surface area contributed by atoms with E-state index in [-0.39, 0.29) is 0 Å². The molecule has 1 fully saturated rings. The minimum Gasteiger partial charge on any atom is -0.449 e. The summed E-state index contributed by atoms with van der Waals surface area (Å²) in [5, 5.41) is 5.48. The van der Waals surface area contributed by atoms with Crippen LogP contribution in [-0.2, 0) is 4.74 Å². The highest BCUT2D eigenvalue weighted by Crippen LogP contribution is 2.23. The number of hydrogen-bond acceptors (Lipinski definition) is 5. The number of fused-ring (bicyclic) bond motifs is 7. The number of ether oxygens (including phenoxy) is 1. The molecule has 6 heteroatoms. The van der Waals surface area contributed by atoms with Crippen LogP contribution in [0.5, 0.6) is 0 Å². The number of aliphatic imine (C=N–C) groups is 1. The molecule has 0 amide bonds. The third-order valence-corrected chi connectivity index (χ3v) is 5.30. The highest BCUT2D eigenvalue weighted by atomic mass is 79.9. The molecular weight excluding hydrogens is 368 g/mol. The maximum Gasteiger partial charge on any atom is 0.291 e. The zero-order valence-corrected chi connectivity index (χ0v) is 15.1. The number of halogens is 1. The van der Waals surface area contributed by atoms with Gasteiger partial charge in [-0.3, -0.25) is 10.2 Å². The van der Waals surface area contributed by atoms with Gasteiger partial charge in [0, 0.05) is 35.7 Å². The fraction of sp³-hybridized carbons (Fsp3) is 0.444. The van der Waals surface area contributed by atoms with Gasteiger partial charge in [0.2, 0.25) is 0 Å². The monoisotopic (exact) mass is 388 g/mol. The first kappa shape index (κ1) is 15.8. The van der Waals surface area contributed by atoms with E-state index in [4.69, 9.17) is 4.74 Å². The molecule has 2 aromatic rings. The Kier molecular flexibility index (Phi) is 4.67. The van der Waals surface area contributed by atoms with Crippen LogP contribution in [0, 0.1) is 5.92 Å². The lowest BCUT2D eigenvalue weighted by Gasteiger charge is -2.32. The summed E-state index contributed by atoms with van der Waals surface area (Å²) in [6, 6.07) is 8.78. The molecule has 0 atom stereocenters. The largest absolute Gasteiger partial charge is 0.449 e. The van der Waals surface area contributed by atoms with Gasteiger partial charge < -0.3 is 4.74 Å². The Labute approximate surface area is 150 Å². The molecule has 4 heterocycles. The van der Waals surface area contributed by atoms with E-state index in [0.717, 1.165) is 53.0 Å². The summed E-state index contributed by atoms with van der Waals surface area (Å²) in [5.41, 5.74) is 0. The van der Waals surface area contributed by atoms with E-state index < -0.39 is 0 Å². The van der Waals surface area contributed by atoms with Crippen molar-refractivity contribution in [3.05, 3.63) is 34.9 Å². The van der Waals surface area contributed by atoms with Gasteiger partial charge in [0.15, 0.2) is 0 Å². The summed E-state index contributed by atoms with van der Waals surface area (Å²) in [7, 11) is 0. The van der Waals surface area contributed by atoms with Crippen molar-refractivity contribution in [2.24, 2.45) is 10.9 Å². The molecule has 1 N–H and O–H groups in total. The van der Waals surface area contributed by atoms with Gasteiger partial charge in [-0.05, 0) is 48.8 Å². The molecule has 0 unspecified atom stereocenters. The van der Waals surface area contributed by atoms with Crippen molar-refractivity contribution >= 4 is 38.5 Å². The molecule has 0 aliphatic carbocycles. The van der Waals surface area contributed by atoms with E-state index in [1.54, 1.807) is 0 Å². The van der Waals surface area contributed by atoms with Crippen LogP contribution in [0.3, 0.4) is 0 Å². The van der Waals surface area contributed by atoms with E-state index in [2.05, 4.69) is 48.3 Å². The Balaban J connectivity index is 1.51. The molecule has 5 rings (SSSR count). The van der Waals surface area contributed by atoms with E-state index in [0.29, 0.717) is 12.8 Å². The average Bonchev–Trinajstić information content (AvgIpc) is 2.61. The molecular formula is C18H21BrN4O. The first-order valence-electron chi connectivity index (χ1n) is 8.48. The summed E-state index contributed by atoms with van der Waals surface area (Å²) in [6.07, 6.45) is 5.54. The standard InChI is InChI=1S/C18H21BrN4O/c19-16-2-1-14-10-17(21-11-15(14)9-16)22-18-20-6-3-13-4-7-23(8-5-13)12-24-18/h1-2,9-11,13H,3-8,12H2,(H,20,21,22). The number of hydrogen-bond donors (Lipinski definition) is 1. The summed E-state index contributed by atoms with van der Waals surface area (Å²) in [5.74, 6) is 1.57. The van der Waals surface area contributed by atoms with Gasteiger partial charge in [-0.2, -0.15) is 0 Å². The Morgan fingerprint density at radius 1 is 1.12 bits per heavy atom. The van der Waals surface area contributed by atoms with Crippen LogP contribution in [0.2, 0.25) is 0 Å². The topological polar surface area (TPSA) is 49.8 Å². The highest BCUT2D eigenvalue weighted by Gasteiger charge is 2.21. The number of nitrogens with one attached hydrogen (secondary N) is 1. The van der Waals surface area contributed by atoms with Crippen molar-refractivity contribution < 1.29 is 4.74 Å². The van der Waals surface area contributed by atoms with Crippen molar-refractivity contribution in [3.63, 3.8) is 0 Å². The van der Waals surface area contributed by atoms with E-state index in [1.807, 2.05) is 18.3 Å². The van der Waals surface area contributed by atoms with E-state index in [9.17, 15) is 0 Å². The van der Waals surface area contributed by atoms with Gasteiger partial charge >= 0.3 is 0 Å². The van der Waals surface area contributed by atoms with Crippen LogP contribution < -0.4 is 5.32 Å². The molecule has 0 saturated carbocycles. The Bertz CT molecular complexity index is 756. The lowest BCUT2D eigenvalue weighted by atomic mass is 9.94. The number of anilines is 1. The molecule has 3 aliphatic heterocycles. The minimum atomic E-state index is 0.575. The number of piperidine rings is 1. The molecule has 1 saturated heterocycles. The Hall–Kier alpha value is -1.66. The summed E-state index contributed by atoms with van der Waals surface area (Å²) in [4.78, 5) is 11.4. The van der Waals surface area contributed by atoms with Gasteiger partial charge in [0.1, 0.15) is 12.5 Å². The second kappa shape index (κ2) is 7.07. The normalized spacial score (nSPS) is 24.3. The van der Waals surface area contributed by atoms with E-state index in [1.165, 1.54) is 12.8 Å². The van der Waals surface area contributed by atoms with Crippen LogP contribution in [0.15, 0.2) is 39.9 Å². The molecule has 24 heavy (non-hydrogen) atoms. The number of aromatic nitrogens is 1. The van der Waals surface area contributed by atoms with Crippen molar-refractivity contribution in [3.8, 4) is 0 Å². The second-order valence-corrected chi connectivity index (χ2v) is 7.41. The number of pyridine rings is 1. The molecule has 1 aromatic heterocycles. The van der Waals surface area contributed by atoms with E-state index >= 15 is 0 Å². The zero-order chi connectivity index (χ0) is 16.4. The number of benzene rings is 1. The highest BCUT2D eigenvalue weighted by molar-refractivity contribution is 9.10. The number of amidine groups is 1. The summed E-state index contributed by atoms with van der Waals surface area (Å²) in [6.45, 7) is 3.66. The third kappa shape index (κ3) is 3.70. The van der Waals surface area contributed by atoms with Crippen LogP contribution in [0.4, 0.5) is 5.82 Å². The van der Waals surface area contributed by atoms with Gasteiger partial charge in [0.25, 0.3) is 6.02 Å². The molecule has 0 radical (unpaired) electrons. The lowest BCUT2D eigenvalue weighted by Crippen LogP contribution is -2.38. The lowest BCUT2D eigenvalue weighted by molar-refractivity contribution is 0.0761. The first-order valence-corrected chi connectivity index (χ1v) is 9.27. The van der Waals surface area contributed by atoms with Crippen LogP contribution in [-0.4, -0.2) is 42.3 Å². The third-order valence-electron chi connectivity index (χ3n) is 4.80. The van der Waals surface area contributed by atoms with Crippen LogP contribution in [0.1, 0.15) is 19.3 Å². The van der Waals surface area contributed by atoms with Crippen LogP contribution >= 0.6 is 15.9 Å². The predicted molar refractivity (Wildman–Crippen MR) is 100 cm³/mol. The molecule has 126 valence electrons. The molecule has 0 spiro atoms. The van der Waals surface area contributed by atoms with Crippen molar-refractivity contribution in [1.82, 2.24) is 9.88 Å². The predicted octanol–water partition coefficient (Wildman–Crippen LogP) is 3.86. The molecule has 5 nitrogen and oxygen atoms in total. The minimum absolute atomic E-state index is 0.575. The maximum atomic E-state index is 5.90. The first-order chi connectivity index (χ1) is 11.8. The molecule has 2 bridgehead atoms. The average molecular weight is 389 g/mol. The Morgan fingerprint density at radius 3 is 2.88 bits per heavy atom. The van der Waals surface area contributed by atoms with Crippen LogP contribution in [0.25, 0.3) is 10.8 Å². The number of nitrogens with zero attached hydrogens (tertiary/aromatic N) is 3. The van der Waals surface area contributed by atoms with Crippen molar-refractivity contribution in [1.29, 1.82) is 0 Å². The quantitative estimate of drug-likeness (QED) is 0.805. The summed E-state index contributed by atoms with van der Waals surface area (Å²) >= 11 is 3.49. The maximum absolute atomic E-state index is 5.90.